The van der Waals surface area contributed by atoms with Crippen LogP contribution in [-0.2, 0) is 6.42 Å². The minimum Gasteiger partial charge on any atom is -0.508 e. The lowest BCUT2D eigenvalue weighted by atomic mass is 10.0. The highest BCUT2D eigenvalue weighted by molar-refractivity contribution is 5.61. The van der Waals surface area contributed by atoms with Gasteiger partial charge in [-0.15, -0.1) is 0 Å². The number of nitrogens with one attached hydrogen (secondary N) is 1. The first-order valence-electron chi connectivity index (χ1n) is 4.76. The quantitative estimate of drug-likeness (QED) is 0.690. The number of fused-ring (bicyclic) bond motifs is 1. The molecule has 1 aromatic carbocycles. The maximum absolute atomic E-state index is 9.59. The van der Waals surface area contributed by atoms with Crippen LogP contribution in [0.15, 0.2) is 18.2 Å². The van der Waals surface area contributed by atoms with Crippen molar-refractivity contribution in [2.45, 2.75) is 26.3 Å². The summed E-state index contributed by atoms with van der Waals surface area (Å²) in [5.74, 6) is 1.03. The second kappa shape index (κ2) is 2.95. The SMILES string of the molecule is CC(C)C1Cc2c(O)cccc2N1. The fourth-order valence-corrected chi connectivity index (χ4v) is 1.80. The van der Waals surface area contributed by atoms with Crippen LogP contribution in [0, 0.1) is 5.92 Å². The van der Waals surface area contributed by atoms with Gasteiger partial charge < -0.3 is 10.4 Å². The van der Waals surface area contributed by atoms with Gasteiger partial charge in [0.05, 0.1) is 0 Å². The number of benzene rings is 1. The van der Waals surface area contributed by atoms with Crippen molar-refractivity contribution in [3.63, 3.8) is 0 Å². The number of hydrogen-bond acceptors (Lipinski definition) is 2. The van der Waals surface area contributed by atoms with Crippen LogP contribution < -0.4 is 5.32 Å². The third-order valence-electron chi connectivity index (χ3n) is 2.72. The Morgan fingerprint density at radius 2 is 2.23 bits per heavy atom. The van der Waals surface area contributed by atoms with Gasteiger partial charge >= 0.3 is 0 Å². The average molecular weight is 177 g/mol. The van der Waals surface area contributed by atoms with Gasteiger partial charge in [0.1, 0.15) is 5.75 Å². The van der Waals surface area contributed by atoms with Crippen molar-refractivity contribution in [1.29, 1.82) is 0 Å². The second-order valence-electron chi connectivity index (χ2n) is 4.00. The van der Waals surface area contributed by atoms with Crippen LogP contribution in [-0.4, -0.2) is 11.1 Å². The Balaban J connectivity index is 2.30. The van der Waals surface area contributed by atoms with Crippen LogP contribution in [0.1, 0.15) is 19.4 Å². The predicted octanol–water partition coefficient (Wildman–Crippen LogP) is 2.38. The molecule has 1 aliphatic rings. The summed E-state index contributed by atoms with van der Waals surface area (Å²) in [7, 11) is 0. The first-order chi connectivity index (χ1) is 6.18. The maximum Gasteiger partial charge on any atom is 0.120 e. The summed E-state index contributed by atoms with van der Waals surface area (Å²) >= 11 is 0. The van der Waals surface area contributed by atoms with Crippen molar-refractivity contribution < 1.29 is 5.11 Å². The van der Waals surface area contributed by atoms with Crippen LogP contribution >= 0.6 is 0 Å². The average Bonchev–Trinajstić information content (AvgIpc) is 2.49. The molecule has 0 aromatic heterocycles. The molecule has 0 amide bonds. The number of phenolic OH excluding ortho intramolecular Hbond substituents is 1. The van der Waals surface area contributed by atoms with E-state index in [0.29, 0.717) is 17.7 Å². The van der Waals surface area contributed by atoms with Gasteiger partial charge in [-0.1, -0.05) is 19.9 Å². The summed E-state index contributed by atoms with van der Waals surface area (Å²) in [5, 5.41) is 13.0. The van der Waals surface area contributed by atoms with Gasteiger partial charge in [-0.05, 0) is 24.5 Å². The molecule has 0 fully saturated rings. The van der Waals surface area contributed by atoms with E-state index in [1.165, 1.54) is 0 Å². The zero-order valence-electron chi connectivity index (χ0n) is 8.04. The van der Waals surface area contributed by atoms with Crippen molar-refractivity contribution in [1.82, 2.24) is 0 Å². The molecule has 1 unspecified atom stereocenters. The summed E-state index contributed by atoms with van der Waals surface area (Å²) in [6, 6.07) is 6.13. The lowest BCUT2D eigenvalue weighted by Gasteiger charge is -2.14. The highest BCUT2D eigenvalue weighted by atomic mass is 16.3. The number of hydrogen-bond donors (Lipinski definition) is 2. The smallest absolute Gasteiger partial charge is 0.120 e. The predicted molar refractivity (Wildman–Crippen MR) is 54.1 cm³/mol. The van der Waals surface area contributed by atoms with Gasteiger partial charge in [0.25, 0.3) is 0 Å². The molecule has 1 atom stereocenters. The molecule has 0 saturated carbocycles. The van der Waals surface area contributed by atoms with E-state index < -0.39 is 0 Å². The summed E-state index contributed by atoms with van der Waals surface area (Å²) < 4.78 is 0. The first kappa shape index (κ1) is 8.42. The van der Waals surface area contributed by atoms with E-state index in [1.54, 1.807) is 6.07 Å². The molecule has 70 valence electrons. The minimum atomic E-state index is 0.424. The first-order valence-corrected chi connectivity index (χ1v) is 4.76. The normalized spacial score (nSPS) is 20.1. The Labute approximate surface area is 78.6 Å². The molecule has 1 aliphatic heterocycles. The Bertz CT molecular complexity index is 320. The van der Waals surface area contributed by atoms with Crippen molar-refractivity contribution in [2.75, 3.05) is 5.32 Å². The van der Waals surface area contributed by atoms with E-state index in [4.69, 9.17) is 0 Å². The van der Waals surface area contributed by atoms with Crippen molar-refractivity contribution >= 4 is 5.69 Å². The van der Waals surface area contributed by atoms with Crippen molar-refractivity contribution in [3.05, 3.63) is 23.8 Å². The van der Waals surface area contributed by atoms with Gasteiger partial charge in [-0.25, -0.2) is 0 Å². The van der Waals surface area contributed by atoms with Gasteiger partial charge in [0.2, 0.25) is 0 Å². The monoisotopic (exact) mass is 177 g/mol. The number of phenols is 1. The van der Waals surface area contributed by atoms with Gasteiger partial charge in [-0.2, -0.15) is 0 Å². The van der Waals surface area contributed by atoms with Gasteiger partial charge in [0.15, 0.2) is 0 Å². The minimum absolute atomic E-state index is 0.424. The van der Waals surface area contributed by atoms with Gasteiger partial charge in [0, 0.05) is 17.3 Å². The maximum atomic E-state index is 9.59. The fourth-order valence-electron chi connectivity index (χ4n) is 1.80. The third kappa shape index (κ3) is 1.37. The van der Waals surface area contributed by atoms with Crippen LogP contribution in [0.3, 0.4) is 0 Å². The molecule has 0 aliphatic carbocycles. The standard InChI is InChI=1S/C11H15NO/c1-7(2)10-6-8-9(12-10)4-3-5-11(8)13/h3-5,7,10,12-13H,6H2,1-2H3. The largest absolute Gasteiger partial charge is 0.508 e. The Hall–Kier alpha value is -1.18. The zero-order chi connectivity index (χ0) is 9.42. The van der Waals surface area contributed by atoms with Crippen molar-refractivity contribution in [2.24, 2.45) is 5.92 Å². The van der Waals surface area contributed by atoms with Crippen LogP contribution in [0.4, 0.5) is 5.69 Å². The molecule has 0 saturated heterocycles. The van der Waals surface area contributed by atoms with Crippen molar-refractivity contribution in [3.8, 4) is 5.75 Å². The summed E-state index contributed by atoms with van der Waals surface area (Å²) in [5.41, 5.74) is 2.17. The highest BCUT2D eigenvalue weighted by Crippen LogP contribution is 2.34. The molecule has 2 N–H and O–H groups in total. The van der Waals surface area contributed by atoms with E-state index in [0.717, 1.165) is 17.7 Å². The van der Waals surface area contributed by atoms with Crippen LogP contribution in [0.2, 0.25) is 0 Å². The summed E-state index contributed by atoms with van der Waals surface area (Å²) in [4.78, 5) is 0. The topological polar surface area (TPSA) is 32.3 Å². The number of anilines is 1. The van der Waals surface area contributed by atoms with Crippen LogP contribution in [0.5, 0.6) is 5.75 Å². The van der Waals surface area contributed by atoms with E-state index in [9.17, 15) is 5.11 Å². The molecule has 0 radical (unpaired) electrons. The van der Waals surface area contributed by atoms with E-state index in [-0.39, 0.29) is 0 Å². The summed E-state index contributed by atoms with van der Waals surface area (Å²) in [6.07, 6.45) is 0.944. The summed E-state index contributed by atoms with van der Waals surface area (Å²) in [6.45, 7) is 4.39. The molecular formula is C11H15NO. The molecule has 2 heteroatoms. The zero-order valence-corrected chi connectivity index (χ0v) is 8.04. The molecule has 0 spiro atoms. The molecule has 2 nitrogen and oxygen atoms in total. The second-order valence-corrected chi connectivity index (χ2v) is 4.00. The van der Waals surface area contributed by atoms with E-state index in [1.807, 2.05) is 12.1 Å². The Kier molecular flexibility index (Phi) is 1.91. The molecule has 1 aromatic rings. The highest BCUT2D eigenvalue weighted by Gasteiger charge is 2.24. The molecule has 13 heavy (non-hydrogen) atoms. The molecule has 1 heterocycles. The van der Waals surface area contributed by atoms with E-state index in [2.05, 4.69) is 19.2 Å². The van der Waals surface area contributed by atoms with E-state index >= 15 is 0 Å². The molecule has 2 rings (SSSR count). The third-order valence-corrected chi connectivity index (χ3v) is 2.72. The fraction of sp³-hybridized carbons (Fsp3) is 0.455. The van der Waals surface area contributed by atoms with Gasteiger partial charge in [-0.3, -0.25) is 0 Å². The Morgan fingerprint density at radius 3 is 2.85 bits per heavy atom. The van der Waals surface area contributed by atoms with Crippen LogP contribution in [0.25, 0.3) is 0 Å². The molecular weight excluding hydrogens is 162 g/mol. The lowest BCUT2D eigenvalue weighted by molar-refractivity contribution is 0.464. The lowest BCUT2D eigenvalue weighted by Crippen LogP contribution is -2.21. The number of rotatable bonds is 1. The Morgan fingerprint density at radius 1 is 1.46 bits per heavy atom. The molecule has 0 bridgehead atoms. The number of aromatic hydroxyl groups is 1.